The number of aromatic nitrogens is 4. The SMILES string of the molecule is C[C@H]1Oc2nc(cnc2N)-c2c(nn(C)c2C#N)CC(N2CCCC2)Nc2ccc(F)cc21. The van der Waals surface area contributed by atoms with Crippen molar-refractivity contribution in [3.8, 4) is 23.2 Å². The molecular weight excluding hydrogens is 423 g/mol. The van der Waals surface area contributed by atoms with Crippen molar-refractivity contribution >= 4 is 11.5 Å². The van der Waals surface area contributed by atoms with Crippen molar-refractivity contribution in [2.45, 2.75) is 38.5 Å². The Kier molecular flexibility index (Phi) is 5.34. The molecule has 0 radical (unpaired) electrons. The zero-order chi connectivity index (χ0) is 23.1. The average molecular weight is 449 g/mol. The van der Waals surface area contributed by atoms with Gasteiger partial charge in [-0.25, -0.2) is 14.4 Å². The van der Waals surface area contributed by atoms with Gasteiger partial charge in [-0.3, -0.25) is 9.58 Å². The van der Waals surface area contributed by atoms with Crippen molar-refractivity contribution in [1.29, 1.82) is 5.26 Å². The molecule has 1 fully saturated rings. The van der Waals surface area contributed by atoms with Crippen LogP contribution in [-0.2, 0) is 13.5 Å². The maximum Gasteiger partial charge on any atom is 0.258 e. The molecule has 0 saturated carbocycles. The number of rotatable bonds is 1. The molecule has 2 aliphatic rings. The first-order valence-electron chi connectivity index (χ1n) is 11.0. The molecule has 33 heavy (non-hydrogen) atoms. The summed E-state index contributed by atoms with van der Waals surface area (Å²) in [5, 5.41) is 18.1. The maximum atomic E-state index is 14.2. The molecule has 2 atom stereocenters. The largest absolute Gasteiger partial charge is 0.467 e. The van der Waals surface area contributed by atoms with Crippen LogP contribution in [0.1, 0.15) is 42.8 Å². The second kappa shape index (κ2) is 8.33. The lowest BCUT2D eigenvalue weighted by atomic mass is 10.0. The number of benzene rings is 1. The van der Waals surface area contributed by atoms with Crippen LogP contribution in [0.5, 0.6) is 5.88 Å². The van der Waals surface area contributed by atoms with Crippen molar-refractivity contribution in [3.63, 3.8) is 0 Å². The van der Waals surface area contributed by atoms with E-state index >= 15 is 0 Å². The number of nitriles is 1. The Bertz CT molecular complexity index is 1240. The van der Waals surface area contributed by atoms with Crippen LogP contribution >= 0.6 is 0 Å². The number of likely N-dealkylation sites (tertiary alicyclic amines) is 1. The highest BCUT2D eigenvalue weighted by atomic mass is 19.1. The predicted octanol–water partition coefficient (Wildman–Crippen LogP) is 3.00. The molecule has 1 saturated heterocycles. The van der Waals surface area contributed by atoms with E-state index in [1.54, 1.807) is 17.8 Å². The number of halogens is 1. The van der Waals surface area contributed by atoms with Gasteiger partial charge >= 0.3 is 0 Å². The first kappa shape index (κ1) is 21.2. The van der Waals surface area contributed by atoms with Crippen molar-refractivity contribution in [1.82, 2.24) is 24.6 Å². The maximum absolute atomic E-state index is 14.2. The quantitative estimate of drug-likeness (QED) is 0.583. The summed E-state index contributed by atoms with van der Waals surface area (Å²) in [4.78, 5) is 11.2. The van der Waals surface area contributed by atoms with E-state index < -0.39 is 6.10 Å². The van der Waals surface area contributed by atoms with Crippen molar-refractivity contribution in [3.05, 3.63) is 47.2 Å². The molecule has 0 aliphatic carbocycles. The van der Waals surface area contributed by atoms with Crippen LogP contribution < -0.4 is 15.8 Å². The first-order chi connectivity index (χ1) is 15.9. The van der Waals surface area contributed by atoms with E-state index in [0.29, 0.717) is 28.9 Å². The monoisotopic (exact) mass is 448 g/mol. The molecule has 3 aromatic rings. The summed E-state index contributed by atoms with van der Waals surface area (Å²) >= 11 is 0. The summed E-state index contributed by atoms with van der Waals surface area (Å²) < 4.78 is 21.8. The second-order valence-corrected chi connectivity index (χ2v) is 8.45. The van der Waals surface area contributed by atoms with Gasteiger partial charge in [0.25, 0.3) is 5.88 Å². The lowest BCUT2D eigenvalue weighted by molar-refractivity contribution is 0.217. The number of nitrogens with zero attached hydrogens (tertiary/aromatic N) is 6. The second-order valence-electron chi connectivity index (χ2n) is 8.45. The minimum absolute atomic E-state index is 0.107. The molecule has 3 N–H and O–H groups in total. The Balaban J connectivity index is 1.72. The minimum Gasteiger partial charge on any atom is -0.467 e. The zero-order valence-corrected chi connectivity index (χ0v) is 18.5. The van der Waals surface area contributed by atoms with Crippen LogP contribution in [-0.4, -0.2) is 43.9 Å². The van der Waals surface area contributed by atoms with Crippen LogP contribution in [0.15, 0.2) is 24.4 Å². The lowest BCUT2D eigenvalue weighted by Gasteiger charge is -2.31. The third-order valence-corrected chi connectivity index (χ3v) is 6.28. The predicted molar refractivity (Wildman–Crippen MR) is 121 cm³/mol. The summed E-state index contributed by atoms with van der Waals surface area (Å²) in [6.07, 6.45) is 3.63. The highest BCUT2D eigenvalue weighted by molar-refractivity contribution is 5.69. The first-order valence-corrected chi connectivity index (χ1v) is 11.0. The van der Waals surface area contributed by atoms with E-state index in [-0.39, 0.29) is 23.7 Å². The molecule has 4 heterocycles. The van der Waals surface area contributed by atoms with E-state index in [2.05, 4.69) is 31.4 Å². The topological polar surface area (TPSA) is 118 Å². The number of nitrogen functional groups attached to an aromatic ring is 1. The Morgan fingerprint density at radius 1 is 1.30 bits per heavy atom. The molecule has 2 aromatic heterocycles. The normalized spacial score (nSPS) is 20.4. The van der Waals surface area contributed by atoms with Gasteiger partial charge in [0.1, 0.15) is 23.7 Å². The summed E-state index contributed by atoms with van der Waals surface area (Å²) in [5.41, 5.74) is 9.67. The van der Waals surface area contributed by atoms with Crippen molar-refractivity contribution < 1.29 is 9.13 Å². The number of hydrogen-bond donors (Lipinski definition) is 2. The fourth-order valence-electron chi connectivity index (χ4n) is 4.63. The van der Waals surface area contributed by atoms with Crippen molar-refractivity contribution in [2.75, 3.05) is 24.1 Å². The zero-order valence-electron chi connectivity index (χ0n) is 18.5. The number of nitrogens with two attached hydrogens (primary N) is 1. The van der Waals surface area contributed by atoms with Gasteiger partial charge in [-0.2, -0.15) is 10.4 Å². The summed E-state index contributed by atoms with van der Waals surface area (Å²) in [5.74, 6) is -0.104. The smallest absolute Gasteiger partial charge is 0.258 e. The van der Waals surface area contributed by atoms with Gasteiger partial charge < -0.3 is 15.8 Å². The molecule has 9 nitrogen and oxygen atoms in total. The van der Waals surface area contributed by atoms with Crippen molar-refractivity contribution in [2.24, 2.45) is 7.05 Å². The molecule has 0 spiro atoms. The number of ether oxygens (including phenoxy) is 1. The summed E-state index contributed by atoms with van der Waals surface area (Å²) in [6.45, 7) is 3.71. The van der Waals surface area contributed by atoms with Gasteiger partial charge in [-0.1, -0.05) is 0 Å². The van der Waals surface area contributed by atoms with E-state index in [0.717, 1.165) is 37.3 Å². The van der Waals surface area contributed by atoms with Gasteiger partial charge in [0.2, 0.25) is 0 Å². The number of fused-ring (bicyclic) bond motifs is 5. The number of aryl methyl sites for hydroxylation is 1. The molecule has 0 amide bonds. The minimum atomic E-state index is -0.544. The number of hydrogen-bond acceptors (Lipinski definition) is 8. The lowest BCUT2D eigenvalue weighted by Crippen LogP contribution is -2.41. The Morgan fingerprint density at radius 3 is 2.85 bits per heavy atom. The number of anilines is 2. The molecule has 2 bridgehead atoms. The molecule has 5 rings (SSSR count). The molecular formula is C23H25FN8O. The van der Waals surface area contributed by atoms with Gasteiger partial charge in [0.05, 0.1) is 29.3 Å². The van der Waals surface area contributed by atoms with E-state index in [9.17, 15) is 9.65 Å². The molecule has 1 aromatic carbocycles. The summed E-state index contributed by atoms with van der Waals surface area (Å²) in [6, 6.07) is 6.86. The van der Waals surface area contributed by atoms with Crippen LogP contribution in [0.2, 0.25) is 0 Å². The van der Waals surface area contributed by atoms with Crippen LogP contribution in [0, 0.1) is 17.1 Å². The fraction of sp³-hybridized carbons (Fsp3) is 0.391. The Labute approximate surface area is 191 Å². The summed E-state index contributed by atoms with van der Waals surface area (Å²) in [7, 11) is 1.74. The average Bonchev–Trinajstić information content (AvgIpc) is 3.43. The van der Waals surface area contributed by atoms with Gasteiger partial charge in [-0.05, 0) is 38.0 Å². The van der Waals surface area contributed by atoms with Gasteiger partial charge in [-0.15, -0.1) is 0 Å². The molecule has 2 aliphatic heterocycles. The van der Waals surface area contributed by atoms with Crippen LogP contribution in [0.4, 0.5) is 15.9 Å². The highest BCUT2D eigenvalue weighted by Crippen LogP contribution is 2.35. The van der Waals surface area contributed by atoms with E-state index in [1.807, 2.05) is 6.92 Å². The van der Waals surface area contributed by atoms with Crippen LogP contribution in [0.25, 0.3) is 11.3 Å². The van der Waals surface area contributed by atoms with Crippen LogP contribution in [0.3, 0.4) is 0 Å². The van der Waals surface area contributed by atoms with E-state index in [4.69, 9.17) is 10.5 Å². The Morgan fingerprint density at radius 2 is 2.09 bits per heavy atom. The number of nitrogens with one attached hydrogen (secondary N) is 1. The van der Waals surface area contributed by atoms with Gasteiger partial charge in [0.15, 0.2) is 5.82 Å². The molecule has 10 heteroatoms. The fourth-order valence-corrected chi connectivity index (χ4v) is 4.63. The third-order valence-electron chi connectivity index (χ3n) is 6.28. The highest BCUT2D eigenvalue weighted by Gasteiger charge is 2.29. The molecule has 170 valence electrons. The van der Waals surface area contributed by atoms with Gasteiger partial charge in [0, 0.05) is 37.8 Å². The molecule has 1 unspecified atom stereocenters. The Hall–Kier alpha value is -3.71. The standard InChI is InChI=1S/C23H25FN8O/c1-13-15-9-14(24)5-6-16(15)28-20(32-7-3-4-8-32)10-17-21(19(11-25)31(2)30-17)18-12-27-22(26)23(29-18)33-13/h5-6,9,12-13,20,28H,3-4,7-8,10H2,1-2H3,(H2,26,27)/t13-,20?/m1/s1. The third kappa shape index (κ3) is 3.85. The van der Waals surface area contributed by atoms with E-state index in [1.165, 1.54) is 18.3 Å².